The Labute approximate surface area is 254 Å². The summed E-state index contributed by atoms with van der Waals surface area (Å²) < 4.78 is 40.3. The highest BCUT2D eigenvalue weighted by Gasteiger charge is 2.20. The van der Waals surface area contributed by atoms with Crippen LogP contribution in [0.5, 0.6) is 0 Å². The first-order chi connectivity index (χ1) is 23.0. The molecular formula is C42H26O. The third-order valence-electron chi connectivity index (χ3n) is 8.58. The van der Waals surface area contributed by atoms with Gasteiger partial charge >= 0.3 is 0 Å². The van der Waals surface area contributed by atoms with Crippen LogP contribution < -0.4 is 0 Å². The summed E-state index contributed by atoms with van der Waals surface area (Å²) in [5, 5.41) is 7.04. The molecule has 0 unspecified atom stereocenters. The van der Waals surface area contributed by atoms with Gasteiger partial charge in [0.05, 0.1) is 5.48 Å². The predicted molar refractivity (Wildman–Crippen MR) is 183 cm³/mol. The van der Waals surface area contributed by atoms with E-state index in [2.05, 4.69) is 109 Å². The fourth-order valence-corrected chi connectivity index (χ4v) is 6.75. The number of furan rings is 1. The minimum Gasteiger partial charge on any atom is -0.456 e. The largest absolute Gasteiger partial charge is 0.456 e. The third-order valence-corrected chi connectivity index (χ3v) is 8.58. The molecule has 9 rings (SSSR count). The van der Waals surface area contributed by atoms with Crippen LogP contribution in [0, 0.1) is 0 Å². The minimum absolute atomic E-state index is 0.0447. The summed E-state index contributed by atoms with van der Waals surface area (Å²) in [5.41, 5.74) is 8.10. The van der Waals surface area contributed by atoms with Gasteiger partial charge in [0.15, 0.2) is 0 Å². The van der Waals surface area contributed by atoms with Crippen LogP contribution in [0.3, 0.4) is 0 Å². The summed E-state index contributed by atoms with van der Waals surface area (Å²) in [4.78, 5) is 0. The maximum absolute atomic E-state index is 8.81. The zero-order valence-electron chi connectivity index (χ0n) is 27.1. The molecule has 8 aromatic carbocycles. The first-order valence-corrected chi connectivity index (χ1v) is 14.4. The summed E-state index contributed by atoms with van der Waals surface area (Å²) >= 11 is 0. The van der Waals surface area contributed by atoms with E-state index in [1.54, 1.807) is 6.07 Å². The summed E-state index contributed by atoms with van der Waals surface area (Å²) in [5.74, 6) is 0. The van der Waals surface area contributed by atoms with Crippen LogP contribution in [0.2, 0.25) is 0 Å². The van der Waals surface area contributed by atoms with E-state index in [9.17, 15) is 0 Å². The van der Waals surface area contributed by atoms with Crippen LogP contribution in [-0.2, 0) is 0 Å². The molecule has 0 fully saturated rings. The number of hydrogen-bond acceptors (Lipinski definition) is 1. The molecule has 0 saturated heterocycles. The van der Waals surface area contributed by atoms with Gasteiger partial charge in [0, 0.05) is 10.8 Å². The third kappa shape index (κ3) is 3.65. The number of fused-ring (bicyclic) bond motifs is 7. The topological polar surface area (TPSA) is 13.1 Å². The van der Waals surface area contributed by atoms with Gasteiger partial charge in [-0.15, -0.1) is 0 Å². The summed E-state index contributed by atoms with van der Waals surface area (Å²) in [6.07, 6.45) is 0. The standard InChI is InChI=1S/C42H26O/c1-2-12-27(13-3-1)30-15-6-7-17-32(30)41-35-20-10-8-18-33(35)40(34-19-9-11-21-36(34)41)29-23-24-38-37(26-29)42-31-16-5-4-14-28(31)22-25-39(42)43-38/h1-26H/i4D,5D,14D,16D. The van der Waals surface area contributed by atoms with E-state index in [0.29, 0.717) is 27.3 Å². The van der Waals surface area contributed by atoms with Gasteiger partial charge < -0.3 is 4.42 Å². The second kappa shape index (κ2) is 9.44. The Hall–Kier alpha value is -5.66. The molecule has 1 nitrogen and oxygen atoms in total. The Morgan fingerprint density at radius 1 is 0.419 bits per heavy atom. The molecule has 0 N–H and O–H groups in total. The van der Waals surface area contributed by atoms with Gasteiger partial charge in [-0.2, -0.15) is 0 Å². The van der Waals surface area contributed by atoms with E-state index in [-0.39, 0.29) is 24.2 Å². The number of rotatable bonds is 3. The fraction of sp³-hybridized carbons (Fsp3) is 0. The fourth-order valence-electron chi connectivity index (χ4n) is 6.75. The summed E-state index contributed by atoms with van der Waals surface area (Å²) in [6.45, 7) is 0. The van der Waals surface area contributed by atoms with E-state index in [1.807, 2.05) is 18.2 Å². The summed E-state index contributed by atoms with van der Waals surface area (Å²) in [7, 11) is 0. The average molecular weight is 551 g/mol. The van der Waals surface area contributed by atoms with E-state index in [0.717, 1.165) is 38.1 Å². The zero-order chi connectivity index (χ0) is 31.8. The Morgan fingerprint density at radius 3 is 1.77 bits per heavy atom. The number of hydrogen-bond donors (Lipinski definition) is 0. The van der Waals surface area contributed by atoms with Crippen LogP contribution >= 0.6 is 0 Å². The Bertz CT molecular complexity index is 2670. The molecule has 0 spiro atoms. The maximum atomic E-state index is 8.81. The van der Waals surface area contributed by atoms with Gasteiger partial charge in [0.25, 0.3) is 0 Å². The van der Waals surface area contributed by atoms with Crippen molar-refractivity contribution in [1.82, 2.24) is 0 Å². The molecular weight excluding hydrogens is 520 g/mol. The molecule has 0 saturated carbocycles. The van der Waals surface area contributed by atoms with E-state index >= 15 is 0 Å². The lowest BCUT2D eigenvalue weighted by molar-refractivity contribution is 0.669. The van der Waals surface area contributed by atoms with Gasteiger partial charge in [0.2, 0.25) is 0 Å². The van der Waals surface area contributed by atoms with Gasteiger partial charge in [-0.3, -0.25) is 0 Å². The maximum Gasteiger partial charge on any atom is 0.136 e. The molecule has 9 aromatic rings. The molecule has 200 valence electrons. The second-order valence-corrected chi connectivity index (χ2v) is 10.9. The molecule has 0 aliphatic heterocycles. The first-order valence-electron chi connectivity index (χ1n) is 16.4. The zero-order valence-corrected chi connectivity index (χ0v) is 23.1. The highest BCUT2D eigenvalue weighted by Crippen LogP contribution is 2.47. The molecule has 0 bridgehead atoms. The highest BCUT2D eigenvalue weighted by molar-refractivity contribution is 6.24. The van der Waals surface area contributed by atoms with E-state index in [4.69, 9.17) is 9.90 Å². The lowest BCUT2D eigenvalue weighted by atomic mass is 9.83. The molecule has 0 aliphatic carbocycles. The predicted octanol–water partition coefficient (Wildman–Crippen LogP) is 12.0. The lowest BCUT2D eigenvalue weighted by Crippen LogP contribution is -1.92. The normalized spacial score (nSPS) is 13.0. The van der Waals surface area contributed by atoms with Gasteiger partial charge in [-0.25, -0.2) is 0 Å². The Balaban J connectivity index is 1.39. The summed E-state index contributed by atoms with van der Waals surface area (Å²) in [6, 6.07) is 45.4. The van der Waals surface area contributed by atoms with Gasteiger partial charge in [-0.05, 0) is 83.9 Å². The molecule has 1 aromatic heterocycles. The molecule has 1 heterocycles. The number of benzene rings is 8. The molecule has 0 radical (unpaired) electrons. The van der Waals surface area contributed by atoms with Crippen molar-refractivity contribution in [2.24, 2.45) is 0 Å². The SMILES string of the molecule is [2H]c1c([2H])c([2H])c2c(ccc3oc4ccc(-c5c6ccccc6c(-c6ccccc6-c6ccccc6)c6ccccc56)cc4c32)c1[2H]. The van der Waals surface area contributed by atoms with Crippen LogP contribution in [0.25, 0.3) is 87.6 Å². The van der Waals surface area contributed by atoms with Gasteiger partial charge in [-0.1, -0.05) is 139 Å². The van der Waals surface area contributed by atoms with Crippen molar-refractivity contribution in [2.75, 3.05) is 0 Å². The van der Waals surface area contributed by atoms with Crippen molar-refractivity contribution in [1.29, 1.82) is 0 Å². The monoisotopic (exact) mass is 550 g/mol. The van der Waals surface area contributed by atoms with Crippen molar-refractivity contribution in [3.05, 3.63) is 158 Å². The van der Waals surface area contributed by atoms with Gasteiger partial charge in [0.1, 0.15) is 11.2 Å². The van der Waals surface area contributed by atoms with Crippen LogP contribution in [0.1, 0.15) is 5.48 Å². The minimum atomic E-state index is -0.246. The Morgan fingerprint density at radius 2 is 1.02 bits per heavy atom. The second-order valence-electron chi connectivity index (χ2n) is 10.9. The Kier molecular flexibility index (Phi) is 4.45. The lowest BCUT2D eigenvalue weighted by Gasteiger charge is -2.19. The van der Waals surface area contributed by atoms with E-state index in [1.165, 1.54) is 22.3 Å². The molecule has 43 heavy (non-hydrogen) atoms. The van der Waals surface area contributed by atoms with Crippen LogP contribution in [-0.4, -0.2) is 0 Å². The quantitative estimate of drug-likeness (QED) is 0.199. The molecule has 0 atom stereocenters. The smallest absolute Gasteiger partial charge is 0.136 e. The van der Waals surface area contributed by atoms with Crippen molar-refractivity contribution >= 4 is 54.3 Å². The molecule has 0 aliphatic rings. The molecule has 0 amide bonds. The van der Waals surface area contributed by atoms with E-state index < -0.39 is 0 Å². The van der Waals surface area contributed by atoms with Crippen molar-refractivity contribution in [3.63, 3.8) is 0 Å². The average Bonchev–Trinajstić information content (AvgIpc) is 3.50. The molecule has 1 heteroatoms. The van der Waals surface area contributed by atoms with Crippen molar-refractivity contribution < 1.29 is 9.90 Å². The van der Waals surface area contributed by atoms with Crippen LogP contribution in [0.15, 0.2) is 162 Å². The van der Waals surface area contributed by atoms with Crippen LogP contribution in [0.4, 0.5) is 0 Å². The van der Waals surface area contributed by atoms with Crippen molar-refractivity contribution in [2.45, 2.75) is 0 Å². The first kappa shape index (κ1) is 20.3. The highest BCUT2D eigenvalue weighted by atomic mass is 16.3. The van der Waals surface area contributed by atoms with Crippen molar-refractivity contribution in [3.8, 4) is 33.4 Å².